The van der Waals surface area contributed by atoms with E-state index in [4.69, 9.17) is 0 Å². The molecule has 2 heterocycles. The molecule has 0 aliphatic heterocycles. The second-order valence-electron chi connectivity index (χ2n) is 4.60. The van der Waals surface area contributed by atoms with Gasteiger partial charge in [-0.05, 0) is 27.7 Å². The maximum absolute atomic E-state index is 12.0. The Morgan fingerprint density at radius 1 is 1.47 bits per heavy atom. The van der Waals surface area contributed by atoms with Crippen LogP contribution in [0.2, 0.25) is 0 Å². The topological polar surface area (TPSA) is 75.6 Å². The Bertz CT molecular complexity index is 628. The third-order valence-electron chi connectivity index (χ3n) is 3.04. The van der Waals surface area contributed by atoms with Gasteiger partial charge in [0.25, 0.3) is 5.56 Å². The van der Waals surface area contributed by atoms with Crippen LogP contribution in [-0.2, 0) is 6.54 Å². The van der Waals surface area contributed by atoms with E-state index in [1.807, 2.05) is 31.6 Å². The molecule has 0 fully saturated rings. The van der Waals surface area contributed by atoms with Crippen molar-refractivity contribution in [2.24, 2.45) is 0 Å². The molecule has 0 aliphatic carbocycles. The van der Waals surface area contributed by atoms with E-state index in [0.717, 1.165) is 17.9 Å². The van der Waals surface area contributed by atoms with Crippen LogP contribution < -0.4 is 10.9 Å². The fourth-order valence-corrected chi connectivity index (χ4v) is 2.18. The van der Waals surface area contributed by atoms with Crippen molar-refractivity contribution in [1.82, 2.24) is 19.7 Å². The largest absolute Gasteiger partial charge is 0.376 e. The van der Waals surface area contributed by atoms with Gasteiger partial charge in [0.05, 0.1) is 29.2 Å². The van der Waals surface area contributed by atoms with Crippen LogP contribution in [0.1, 0.15) is 37.0 Å². The van der Waals surface area contributed by atoms with E-state index < -0.39 is 0 Å². The minimum Gasteiger partial charge on any atom is -0.376 e. The quantitative estimate of drug-likeness (QED) is 0.879. The van der Waals surface area contributed by atoms with Crippen molar-refractivity contribution in [1.29, 1.82) is 0 Å². The van der Waals surface area contributed by atoms with Crippen LogP contribution in [0.4, 0.5) is 5.69 Å². The number of aromatic nitrogens is 4. The van der Waals surface area contributed by atoms with Crippen LogP contribution >= 0.6 is 0 Å². The number of nitrogens with one attached hydrogen (secondary N) is 2. The third-order valence-corrected chi connectivity index (χ3v) is 3.04. The van der Waals surface area contributed by atoms with Crippen molar-refractivity contribution >= 4 is 5.69 Å². The van der Waals surface area contributed by atoms with Crippen LogP contribution in [0.5, 0.6) is 0 Å². The highest BCUT2D eigenvalue weighted by Crippen LogP contribution is 2.17. The number of hydrogen-bond acceptors (Lipinski definition) is 4. The van der Waals surface area contributed by atoms with Crippen molar-refractivity contribution in [3.8, 4) is 0 Å². The SMILES string of the molecule is CCn1cc(NC(C)c2c(C)nc(C)[nH]c2=O)cn1. The number of rotatable bonds is 4. The first-order chi connectivity index (χ1) is 9.01. The average molecular weight is 261 g/mol. The summed E-state index contributed by atoms with van der Waals surface area (Å²) < 4.78 is 1.83. The zero-order chi connectivity index (χ0) is 14.0. The summed E-state index contributed by atoms with van der Waals surface area (Å²) in [6, 6.07) is -0.119. The molecule has 0 amide bonds. The van der Waals surface area contributed by atoms with Crippen LogP contribution in [0.15, 0.2) is 17.2 Å². The molecule has 102 valence electrons. The van der Waals surface area contributed by atoms with Gasteiger partial charge < -0.3 is 10.3 Å². The summed E-state index contributed by atoms with van der Waals surface area (Å²) in [6.45, 7) is 8.42. The van der Waals surface area contributed by atoms with Gasteiger partial charge in [-0.2, -0.15) is 5.10 Å². The number of H-pyrrole nitrogens is 1. The molecule has 19 heavy (non-hydrogen) atoms. The zero-order valence-electron chi connectivity index (χ0n) is 11.7. The lowest BCUT2D eigenvalue weighted by Gasteiger charge is -2.15. The van der Waals surface area contributed by atoms with Crippen LogP contribution in [-0.4, -0.2) is 19.7 Å². The van der Waals surface area contributed by atoms with Gasteiger partial charge >= 0.3 is 0 Å². The molecule has 2 aromatic rings. The van der Waals surface area contributed by atoms with Crippen molar-refractivity contribution in [2.75, 3.05) is 5.32 Å². The van der Waals surface area contributed by atoms with E-state index in [9.17, 15) is 4.79 Å². The van der Waals surface area contributed by atoms with E-state index in [2.05, 4.69) is 20.4 Å². The lowest BCUT2D eigenvalue weighted by atomic mass is 10.1. The van der Waals surface area contributed by atoms with E-state index in [1.165, 1.54) is 0 Å². The Kier molecular flexibility index (Phi) is 3.69. The summed E-state index contributed by atoms with van der Waals surface area (Å²) >= 11 is 0. The standard InChI is InChI=1S/C13H19N5O/c1-5-18-7-11(6-14-18)16-9(3)12-8(2)15-10(4)17-13(12)19/h6-7,9,16H,5H2,1-4H3,(H,15,17,19). The molecule has 0 saturated carbocycles. The average Bonchev–Trinajstić information content (AvgIpc) is 2.75. The van der Waals surface area contributed by atoms with Gasteiger partial charge in [-0.3, -0.25) is 9.48 Å². The van der Waals surface area contributed by atoms with Gasteiger partial charge in [-0.15, -0.1) is 0 Å². The van der Waals surface area contributed by atoms with E-state index in [-0.39, 0.29) is 11.6 Å². The number of aromatic amines is 1. The summed E-state index contributed by atoms with van der Waals surface area (Å²) in [5, 5.41) is 7.46. The van der Waals surface area contributed by atoms with Crippen molar-refractivity contribution in [3.05, 3.63) is 39.8 Å². The Hall–Kier alpha value is -2.11. The van der Waals surface area contributed by atoms with E-state index >= 15 is 0 Å². The van der Waals surface area contributed by atoms with Crippen molar-refractivity contribution in [3.63, 3.8) is 0 Å². The lowest BCUT2D eigenvalue weighted by molar-refractivity contribution is 0.660. The molecular weight excluding hydrogens is 242 g/mol. The summed E-state index contributed by atoms with van der Waals surface area (Å²) in [6.07, 6.45) is 3.67. The van der Waals surface area contributed by atoms with Crippen molar-refractivity contribution < 1.29 is 0 Å². The number of nitrogens with zero attached hydrogens (tertiary/aromatic N) is 3. The molecule has 1 atom stereocenters. The lowest BCUT2D eigenvalue weighted by Crippen LogP contribution is -2.23. The third kappa shape index (κ3) is 2.83. The highest BCUT2D eigenvalue weighted by atomic mass is 16.1. The fourth-order valence-electron chi connectivity index (χ4n) is 2.18. The minimum atomic E-state index is -0.119. The summed E-state index contributed by atoms with van der Waals surface area (Å²) in [5.41, 5.74) is 2.22. The Balaban J connectivity index is 2.25. The molecule has 2 N–H and O–H groups in total. The van der Waals surface area contributed by atoms with Gasteiger partial charge in [0.2, 0.25) is 0 Å². The van der Waals surface area contributed by atoms with Crippen LogP contribution in [0.3, 0.4) is 0 Å². The van der Waals surface area contributed by atoms with Crippen LogP contribution in [0, 0.1) is 13.8 Å². The fraction of sp³-hybridized carbons (Fsp3) is 0.462. The van der Waals surface area contributed by atoms with E-state index in [0.29, 0.717) is 11.4 Å². The predicted molar refractivity (Wildman–Crippen MR) is 74.3 cm³/mol. The summed E-state index contributed by atoms with van der Waals surface area (Å²) in [7, 11) is 0. The Morgan fingerprint density at radius 2 is 2.21 bits per heavy atom. The molecule has 0 aliphatic rings. The molecule has 1 unspecified atom stereocenters. The van der Waals surface area contributed by atoms with Gasteiger partial charge in [-0.1, -0.05) is 0 Å². The van der Waals surface area contributed by atoms with E-state index in [1.54, 1.807) is 13.1 Å². The molecule has 2 rings (SSSR count). The van der Waals surface area contributed by atoms with Crippen LogP contribution in [0.25, 0.3) is 0 Å². The molecule has 0 spiro atoms. The monoisotopic (exact) mass is 261 g/mol. The number of anilines is 1. The molecule has 6 nitrogen and oxygen atoms in total. The molecule has 6 heteroatoms. The summed E-state index contributed by atoms with van der Waals surface area (Å²) in [4.78, 5) is 19.0. The number of aryl methyl sites for hydroxylation is 3. The predicted octanol–water partition coefficient (Wildman–Crippen LogP) is 1.78. The highest BCUT2D eigenvalue weighted by molar-refractivity contribution is 5.41. The molecule has 0 saturated heterocycles. The second-order valence-corrected chi connectivity index (χ2v) is 4.60. The molecular formula is C13H19N5O. The summed E-state index contributed by atoms with van der Waals surface area (Å²) in [5.74, 6) is 0.636. The maximum atomic E-state index is 12.0. The first-order valence-corrected chi connectivity index (χ1v) is 6.37. The molecule has 2 aromatic heterocycles. The molecule has 0 aromatic carbocycles. The highest BCUT2D eigenvalue weighted by Gasteiger charge is 2.15. The second kappa shape index (κ2) is 5.26. The van der Waals surface area contributed by atoms with Gasteiger partial charge in [0.1, 0.15) is 5.82 Å². The Labute approximate surface area is 111 Å². The van der Waals surface area contributed by atoms with Crippen molar-refractivity contribution in [2.45, 2.75) is 40.3 Å². The minimum absolute atomic E-state index is 0.0899. The normalized spacial score (nSPS) is 12.4. The number of hydrogen-bond donors (Lipinski definition) is 2. The first-order valence-electron chi connectivity index (χ1n) is 6.37. The molecule has 0 radical (unpaired) electrons. The maximum Gasteiger partial charge on any atom is 0.256 e. The molecule has 0 bridgehead atoms. The Morgan fingerprint density at radius 3 is 2.79 bits per heavy atom. The van der Waals surface area contributed by atoms with Gasteiger partial charge in [0, 0.05) is 12.7 Å². The zero-order valence-corrected chi connectivity index (χ0v) is 11.7. The smallest absolute Gasteiger partial charge is 0.256 e. The first kappa shape index (κ1) is 13.3. The van der Waals surface area contributed by atoms with Gasteiger partial charge in [0.15, 0.2) is 0 Å². The van der Waals surface area contributed by atoms with Gasteiger partial charge in [-0.25, -0.2) is 4.98 Å².